The van der Waals surface area contributed by atoms with Crippen LogP contribution in [0.4, 0.5) is 15.8 Å². The molecule has 2 aromatic carbocycles. The number of esters is 1. The maximum atomic E-state index is 13.1. The molecule has 0 aliphatic rings. The minimum atomic E-state index is -0.709. The highest BCUT2D eigenvalue weighted by Crippen LogP contribution is 2.20. The molecule has 23 heavy (non-hydrogen) atoms. The summed E-state index contributed by atoms with van der Waals surface area (Å²) < 4.78 is 18.0. The molecule has 0 bridgehead atoms. The van der Waals surface area contributed by atoms with Gasteiger partial charge in [-0.15, -0.1) is 0 Å². The minimum absolute atomic E-state index is 0.182. The van der Waals surface area contributed by atoms with Gasteiger partial charge in [-0.3, -0.25) is 4.79 Å². The van der Waals surface area contributed by atoms with Gasteiger partial charge >= 0.3 is 5.97 Å². The first-order chi connectivity index (χ1) is 10.9. The van der Waals surface area contributed by atoms with Crippen LogP contribution in [0.2, 0.25) is 5.02 Å². The third kappa shape index (κ3) is 4.43. The number of amides is 1. The number of ether oxygens (including phenoxy) is 1. The number of carbonyl (C=O) groups excluding carboxylic acids is 2. The van der Waals surface area contributed by atoms with Crippen molar-refractivity contribution in [1.82, 2.24) is 0 Å². The summed E-state index contributed by atoms with van der Waals surface area (Å²) in [5, 5.41) is 2.80. The normalized spacial score (nSPS) is 10.2. The van der Waals surface area contributed by atoms with E-state index < -0.39 is 24.3 Å². The molecule has 0 atom stereocenters. The van der Waals surface area contributed by atoms with Crippen LogP contribution in [-0.4, -0.2) is 18.5 Å². The standard InChI is InChI=1S/C16H14ClFN2O3/c1-9-2-4-11(18)7-14(9)20-15(21)8-23-16(22)10-3-5-12(17)13(19)6-10/h2-7H,8,19H2,1H3,(H,20,21). The predicted octanol–water partition coefficient (Wildman–Crippen LogP) is 3.17. The van der Waals surface area contributed by atoms with E-state index in [0.717, 1.165) is 0 Å². The Morgan fingerprint density at radius 3 is 2.70 bits per heavy atom. The van der Waals surface area contributed by atoms with Crippen LogP contribution in [0.1, 0.15) is 15.9 Å². The first-order valence-corrected chi connectivity index (χ1v) is 7.03. The molecule has 0 aromatic heterocycles. The zero-order valence-corrected chi connectivity index (χ0v) is 13.0. The lowest BCUT2D eigenvalue weighted by molar-refractivity contribution is -0.119. The van der Waals surface area contributed by atoms with Gasteiger partial charge in [-0.1, -0.05) is 17.7 Å². The Morgan fingerprint density at radius 2 is 2.00 bits per heavy atom. The predicted molar refractivity (Wildman–Crippen MR) is 85.9 cm³/mol. The highest BCUT2D eigenvalue weighted by molar-refractivity contribution is 6.33. The van der Waals surface area contributed by atoms with Crippen LogP contribution >= 0.6 is 11.6 Å². The topological polar surface area (TPSA) is 81.4 Å². The van der Waals surface area contributed by atoms with Gasteiger partial charge in [0, 0.05) is 5.69 Å². The molecular formula is C16H14ClFN2O3. The molecule has 7 heteroatoms. The van der Waals surface area contributed by atoms with Gasteiger partial charge in [0.2, 0.25) is 0 Å². The maximum absolute atomic E-state index is 13.1. The Hall–Kier alpha value is -2.60. The minimum Gasteiger partial charge on any atom is -0.452 e. The zero-order chi connectivity index (χ0) is 17.0. The average Bonchev–Trinajstić information content (AvgIpc) is 2.51. The Kier molecular flexibility index (Phi) is 5.18. The van der Waals surface area contributed by atoms with Crippen molar-refractivity contribution < 1.29 is 18.7 Å². The highest BCUT2D eigenvalue weighted by atomic mass is 35.5. The van der Waals surface area contributed by atoms with Crippen molar-refractivity contribution in [1.29, 1.82) is 0 Å². The van der Waals surface area contributed by atoms with E-state index in [1.54, 1.807) is 6.92 Å². The van der Waals surface area contributed by atoms with E-state index in [1.807, 2.05) is 0 Å². The van der Waals surface area contributed by atoms with Crippen molar-refractivity contribution >= 4 is 34.9 Å². The Bertz CT molecular complexity index is 765. The molecule has 0 saturated heterocycles. The largest absolute Gasteiger partial charge is 0.452 e. The molecule has 0 aliphatic heterocycles. The van der Waals surface area contributed by atoms with Crippen LogP contribution in [-0.2, 0) is 9.53 Å². The van der Waals surface area contributed by atoms with Crippen LogP contribution in [0.25, 0.3) is 0 Å². The lowest BCUT2D eigenvalue weighted by Crippen LogP contribution is -2.21. The number of carbonyl (C=O) groups is 2. The quantitative estimate of drug-likeness (QED) is 0.663. The molecule has 0 unspecified atom stereocenters. The van der Waals surface area contributed by atoms with E-state index in [-0.39, 0.29) is 11.3 Å². The highest BCUT2D eigenvalue weighted by Gasteiger charge is 2.12. The van der Waals surface area contributed by atoms with Gasteiger partial charge in [-0.2, -0.15) is 0 Å². The number of hydrogen-bond donors (Lipinski definition) is 2. The number of aryl methyl sites for hydroxylation is 1. The molecule has 120 valence electrons. The van der Waals surface area contributed by atoms with E-state index in [4.69, 9.17) is 22.1 Å². The first-order valence-electron chi connectivity index (χ1n) is 6.65. The molecule has 0 aliphatic carbocycles. The van der Waals surface area contributed by atoms with Crippen LogP contribution in [0.5, 0.6) is 0 Å². The third-order valence-electron chi connectivity index (χ3n) is 3.04. The fraction of sp³-hybridized carbons (Fsp3) is 0.125. The van der Waals surface area contributed by atoms with E-state index in [0.29, 0.717) is 16.3 Å². The number of nitrogens with two attached hydrogens (primary N) is 1. The van der Waals surface area contributed by atoms with Gasteiger partial charge in [0.05, 0.1) is 16.3 Å². The van der Waals surface area contributed by atoms with Crippen LogP contribution in [0.3, 0.4) is 0 Å². The number of hydrogen-bond acceptors (Lipinski definition) is 4. The average molecular weight is 337 g/mol. The molecule has 3 N–H and O–H groups in total. The molecule has 0 spiro atoms. The lowest BCUT2D eigenvalue weighted by Gasteiger charge is -2.09. The molecule has 0 saturated carbocycles. The fourth-order valence-corrected chi connectivity index (χ4v) is 1.92. The summed E-state index contributed by atoms with van der Waals surface area (Å²) in [4.78, 5) is 23.6. The van der Waals surface area contributed by atoms with Gasteiger partial charge in [-0.05, 0) is 42.8 Å². The first kappa shape index (κ1) is 16.8. The number of nitrogen functional groups attached to an aromatic ring is 1. The number of nitrogens with one attached hydrogen (secondary N) is 1. The van der Waals surface area contributed by atoms with Crippen molar-refractivity contribution in [3.63, 3.8) is 0 Å². The molecule has 0 fully saturated rings. The summed E-state index contributed by atoms with van der Waals surface area (Å²) in [6, 6.07) is 8.27. The Balaban J connectivity index is 1.94. The summed E-state index contributed by atoms with van der Waals surface area (Å²) in [6.45, 7) is 1.22. The third-order valence-corrected chi connectivity index (χ3v) is 3.38. The lowest BCUT2D eigenvalue weighted by atomic mass is 10.2. The van der Waals surface area contributed by atoms with Crippen molar-refractivity contribution in [3.8, 4) is 0 Å². The van der Waals surface area contributed by atoms with Crippen LogP contribution in [0.15, 0.2) is 36.4 Å². The molecular weight excluding hydrogens is 323 g/mol. The SMILES string of the molecule is Cc1ccc(F)cc1NC(=O)COC(=O)c1ccc(Cl)c(N)c1. The molecule has 5 nitrogen and oxygen atoms in total. The summed E-state index contributed by atoms with van der Waals surface area (Å²) in [7, 11) is 0. The maximum Gasteiger partial charge on any atom is 0.338 e. The number of halogens is 2. The molecule has 0 heterocycles. The number of benzene rings is 2. The molecule has 2 rings (SSSR count). The monoisotopic (exact) mass is 336 g/mol. The second-order valence-electron chi connectivity index (χ2n) is 4.82. The molecule has 0 radical (unpaired) electrons. The summed E-state index contributed by atoms with van der Waals surface area (Å²) in [5.41, 5.74) is 7.02. The van der Waals surface area contributed by atoms with Crippen LogP contribution in [0, 0.1) is 12.7 Å². The van der Waals surface area contributed by atoms with Gasteiger partial charge < -0.3 is 15.8 Å². The van der Waals surface area contributed by atoms with E-state index in [1.165, 1.54) is 36.4 Å². The smallest absolute Gasteiger partial charge is 0.338 e. The fourth-order valence-electron chi connectivity index (χ4n) is 1.80. The Morgan fingerprint density at radius 1 is 1.26 bits per heavy atom. The number of rotatable bonds is 4. The van der Waals surface area contributed by atoms with Crippen molar-refractivity contribution in [2.24, 2.45) is 0 Å². The number of anilines is 2. The summed E-state index contributed by atoms with van der Waals surface area (Å²) in [5.74, 6) is -1.76. The second-order valence-corrected chi connectivity index (χ2v) is 5.23. The summed E-state index contributed by atoms with van der Waals surface area (Å²) in [6.07, 6.45) is 0. The van der Waals surface area contributed by atoms with E-state index in [2.05, 4.69) is 5.32 Å². The van der Waals surface area contributed by atoms with Gasteiger partial charge in [0.15, 0.2) is 6.61 Å². The zero-order valence-electron chi connectivity index (χ0n) is 12.2. The van der Waals surface area contributed by atoms with Gasteiger partial charge in [0.25, 0.3) is 5.91 Å². The van der Waals surface area contributed by atoms with Crippen molar-refractivity contribution in [2.45, 2.75) is 6.92 Å². The van der Waals surface area contributed by atoms with Gasteiger partial charge in [0.1, 0.15) is 5.82 Å². The van der Waals surface area contributed by atoms with Gasteiger partial charge in [-0.25, -0.2) is 9.18 Å². The van der Waals surface area contributed by atoms with Crippen LogP contribution < -0.4 is 11.1 Å². The molecule has 1 amide bonds. The van der Waals surface area contributed by atoms with E-state index >= 15 is 0 Å². The van der Waals surface area contributed by atoms with Crippen molar-refractivity contribution in [3.05, 3.63) is 58.4 Å². The van der Waals surface area contributed by atoms with E-state index in [9.17, 15) is 14.0 Å². The second kappa shape index (κ2) is 7.11. The summed E-state index contributed by atoms with van der Waals surface area (Å²) >= 11 is 5.76. The Labute approximate surface area is 137 Å². The van der Waals surface area contributed by atoms with Crippen molar-refractivity contribution in [2.75, 3.05) is 17.7 Å². The molecule has 2 aromatic rings.